The van der Waals surface area contributed by atoms with Crippen LogP contribution in [0.5, 0.6) is 0 Å². The van der Waals surface area contributed by atoms with Gasteiger partial charge in [0.2, 0.25) is 5.91 Å². The molecule has 0 bridgehead atoms. The van der Waals surface area contributed by atoms with Crippen molar-refractivity contribution in [3.8, 4) is 6.07 Å². The van der Waals surface area contributed by atoms with Gasteiger partial charge in [0.25, 0.3) is 0 Å². The molecule has 0 spiro atoms. The highest BCUT2D eigenvalue weighted by molar-refractivity contribution is 5.87. The van der Waals surface area contributed by atoms with Gasteiger partial charge in [0.1, 0.15) is 12.6 Å². The Balaban J connectivity index is 1.50. The second-order valence-corrected chi connectivity index (χ2v) is 8.37. The highest BCUT2D eigenvalue weighted by Crippen LogP contribution is 2.27. The summed E-state index contributed by atoms with van der Waals surface area (Å²) in [5.74, 6) is 0.206. The summed E-state index contributed by atoms with van der Waals surface area (Å²) in [5, 5.41) is 14.3. The van der Waals surface area contributed by atoms with E-state index in [4.69, 9.17) is 5.26 Å². The Kier molecular flexibility index (Phi) is 8.52. The summed E-state index contributed by atoms with van der Waals surface area (Å²) in [5.41, 5.74) is 1.28. The molecule has 1 aromatic rings. The number of carbonyl (C=O) groups excluding carboxylic acids is 2. The molecule has 1 aromatic carbocycles. The van der Waals surface area contributed by atoms with Crippen LogP contribution >= 0.6 is 0 Å². The van der Waals surface area contributed by atoms with E-state index in [9.17, 15) is 9.59 Å². The first kappa shape index (κ1) is 22.1. The largest absolute Gasteiger partial charge is 0.341 e. The second-order valence-electron chi connectivity index (χ2n) is 8.37. The molecule has 1 aliphatic carbocycles. The number of nitrogens with zero attached hydrogens (tertiary/aromatic N) is 3. The van der Waals surface area contributed by atoms with Crippen LogP contribution in [0.15, 0.2) is 30.3 Å². The molecular formula is C23H33N5O2. The number of benzene rings is 1. The minimum atomic E-state index is -0.573. The Hall–Kier alpha value is -2.59. The Bertz CT molecular complexity index is 719. The van der Waals surface area contributed by atoms with Gasteiger partial charge in [0.15, 0.2) is 0 Å². The van der Waals surface area contributed by atoms with E-state index in [1.54, 1.807) is 4.90 Å². The maximum atomic E-state index is 12.8. The van der Waals surface area contributed by atoms with Crippen LogP contribution in [-0.4, -0.2) is 60.5 Å². The van der Waals surface area contributed by atoms with Crippen LogP contribution < -0.4 is 10.6 Å². The van der Waals surface area contributed by atoms with Crippen molar-refractivity contribution in [1.82, 2.24) is 20.4 Å². The average molecular weight is 412 g/mol. The van der Waals surface area contributed by atoms with Gasteiger partial charge in [-0.2, -0.15) is 5.26 Å². The molecule has 0 aromatic heterocycles. The van der Waals surface area contributed by atoms with E-state index < -0.39 is 6.04 Å². The molecule has 1 saturated heterocycles. The van der Waals surface area contributed by atoms with Crippen molar-refractivity contribution in [2.24, 2.45) is 5.92 Å². The molecule has 1 aliphatic heterocycles. The standard InChI is InChI=1S/C23H33N5O2/c24-11-12-25-22(29)21(17-19-7-3-1-4-8-19)26-23(30)28-15-13-27(14-16-28)18-20-9-5-2-6-10-20/h2,5-6,9-10,19,21H,1,3-4,7-8,12-18H2,(H,25,29)(H,26,30)/t21-/m0/s1. The molecule has 162 valence electrons. The van der Waals surface area contributed by atoms with Crippen LogP contribution in [0.3, 0.4) is 0 Å². The number of piperazine rings is 1. The van der Waals surface area contributed by atoms with Crippen LogP contribution in [0.25, 0.3) is 0 Å². The van der Waals surface area contributed by atoms with Crippen LogP contribution in [0.4, 0.5) is 4.79 Å². The zero-order valence-electron chi connectivity index (χ0n) is 17.7. The molecule has 1 saturated carbocycles. The molecule has 0 radical (unpaired) electrons. The van der Waals surface area contributed by atoms with Crippen molar-refractivity contribution in [2.45, 2.75) is 51.1 Å². The highest BCUT2D eigenvalue weighted by atomic mass is 16.2. The summed E-state index contributed by atoms with van der Waals surface area (Å²) < 4.78 is 0. The number of urea groups is 1. The number of carbonyl (C=O) groups is 2. The van der Waals surface area contributed by atoms with Crippen molar-refractivity contribution >= 4 is 11.9 Å². The number of amides is 3. The van der Waals surface area contributed by atoms with E-state index in [-0.39, 0.29) is 18.5 Å². The van der Waals surface area contributed by atoms with E-state index in [1.807, 2.05) is 24.3 Å². The van der Waals surface area contributed by atoms with Crippen molar-refractivity contribution < 1.29 is 9.59 Å². The summed E-state index contributed by atoms with van der Waals surface area (Å²) in [6, 6.07) is 11.5. The lowest BCUT2D eigenvalue weighted by atomic mass is 9.84. The smallest absolute Gasteiger partial charge is 0.318 e. The first-order chi connectivity index (χ1) is 14.7. The molecule has 7 heteroatoms. The van der Waals surface area contributed by atoms with Gasteiger partial charge in [-0.3, -0.25) is 9.69 Å². The monoisotopic (exact) mass is 411 g/mol. The van der Waals surface area contributed by atoms with Gasteiger partial charge < -0.3 is 15.5 Å². The molecule has 7 nitrogen and oxygen atoms in total. The van der Waals surface area contributed by atoms with Crippen LogP contribution in [0.2, 0.25) is 0 Å². The van der Waals surface area contributed by atoms with Crippen LogP contribution in [0, 0.1) is 17.2 Å². The second kappa shape index (κ2) is 11.6. The molecule has 30 heavy (non-hydrogen) atoms. The first-order valence-electron chi connectivity index (χ1n) is 11.1. The number of hydrogen-bond donors (Lipinski definition) is 2. The van der Waals surface area contributed by atoms with E-state index in [0.717, 1.165) is 32.5 Å². The van der Waals surface area contributed by atoms with E-state index >= 15 is 0 Å². The minimum absolute atomic E-state index is 0.0337. The SMILES string of the molecule is N#CCNC(=O)[C@H](CC1CCCCC1)NC(=O)N1CCN(Cc2ccccc2)CC1. The normalized spacial score (nSPS) is 19.0. The zero-order valence-corrected chi connectivity index (χ0v) is 17.7. The number of rotatable bonds is 7. The Morgan fingerprint density at radius 2 is 1.77 bits per heavy atom. The van der Waals surface area contributed by atoms with E-state index in [0.29, 0.717) is 25.4 Å². The molecule has 1 atom stereocenters. The molecule has 2 fully saturated rings. The maximum absolute atomic E-state index is 12.8. The fourth-order valence-corrected chi connectivity index (χ4v) is 4.43. The maximum Gasteiger partial charge on any atom is 0.318 e. The summed E-state index contributed by atoms with van der Waals surface area (Å²) in [6.07, 6.45) is 6.49. The molecule has 1 heterocycles. The van der Waals surface area contributed by atoms with Gasteiger partial charge in [-0.1, -0.05) is 62.4 Å². The topological polar surface area (TPSA) is 88.5 Å². The fourth-order valence-electron chi connectivity index (χ4n) is 4.43. The predicted octanol–water partition coefficient (Wildman–Crippen LogP) is 2.49. The van der Waals surface area contributed by atoms with Crippen LogP contribution in [0.1, 0.15) is 44.1 Å². The average Bonchev–Trinajstić information content (AvgIpc) is 2.79. The van der Waals surface area contributed by atoms with Gasteiger partial charge in [-0.25, -0.2) is 4.79 Å². The lowest BCUT2D eigenvalue weighted by Gasteiger charge is -2.36. The van der Waals surface area contributed by atoms with Gasteiger partial charge >= 0.3 is 6.03 Å². The summed E-state index contributed by atoms with van der Waals surface area (Å²) in [6.45, 7) is 3.78. The van der Waals surface area contributed by atoms with Crippen molar-refractivity contribution in [1.29, 1.82) is 5.26 Å². The van der Waals surface area contributed by atoms with Crippen molar-refractivity contribution in [3.63, 3.8) is 0 Å². The molecule has 3 rings (SSSR count). The van der Waals surface area contributed by atoms with Crippen LogP contribution in [-0.2, 0) is 11.3 Å². The Morgan fingerprint density at radius 1 is 1.07 bits per heavy atom. The van der Waals surface area contributed by atoms with Crippen molar-refractivity contribution in [2.75, 3.05) is 32.7 Å². The number of nitrogens with one attached hydrogen (secondary N) is 2. The third-order valence-electron chi connectivity index (χ3n) is 6.16. The number of nitriles is 1. The third-order valence-corrected chi connectivity index (χ3v) is 6.16. The summed E-state index contributed by atoms with van der Waals surface area (Å²) in [7, 11) is 0. The Morgan fingerprint density at radius 3 is 2.43 bits per heavy atom. The van der Waals surface area contributed by atoms with Gasteiger partial charge in [0, 0.05) is 32.7 Å². The molecule has 2 aliphatic rings. The quantitative estimate of drug-likeness (QED) is 0.675. The summed E-state index contributed by atoms with van der Waals surface area (Å²) in [4.78, 5) is 29.5. The predicted molar refractivity (Wildman–Crippen MR) is 115 cm³/mol. The van der Waals surface area contributed by atoms with Gasteiger partial charge in [-0.15, -0.1) is 0 Å². The van der Waals surface area contributed by atoms with Gasteiger partial charge in [0.05, 0.1) is 6.07 Å². The lowest BCUT2D eigenvalue weighted by molar-refractivity contribution is -0.123. The molecule has 0 unspecified atom stereocenters. The van der Waals surface area contributed by atoms with Gasteiger partial charge in [-0.05, 0) is 17.9 Å². The third kappa shape index (κ3) is 6.74. The number of hydrogen-bond acceptors (Lipinski definition) is 4. The lowest BCUT2D eigenvalue weighted by Crippen LogP contribution is -2.56. The molecule has 3 amide bonds. The Labute approximate surface area is 179 Å². The van der Waals surface area contributed by atoms with E-state index in [1.165, 1.54) is 24.8 Å². The van der Waals surface area contributed by atoms with Crippen molar-refractivity contribution in [3.05, 3.63) is 35.9 Å². The molecular weight excluding hydrogens is 378 g/mol. The minimum Gasteiger partial charge on any atom is -0.341 e. The first-order valence-corrected chi connectivity index (χ1v) is 11.1. The summed E-state index contributed by atoms with van der Waals surface area (Å²) >= 11 is 0. The zero-order chi connectivity index (χ0) is 21.2. The fraction of sp³-hybridized carbons (Fsp3) is 0.609. The highest BCUT2D eigenvalue weighted by Gasteiger charge is 2.28. The molecule has 2 N–H and O–H groups in total. The van der Waals surface area contributed by atoms with E-state index in [2.05, 4.69) is 27.7 Å².